The maximum Gasteiger partial charge on any atom is 0.252 e. The monoisotopic (exact) mass is 419 g/mol. The number of amides is 1. The van der Waals surface area contributed by atoms with Crippen LogP contribution in [0, 0.1) is 5.92 Å². The zero-order valence-electron chi connectivity index (χ0n) is 18.3. The average molecular weight is 420 g/mol. The van der Waals surface area contributed by atoms with E-state index >= 15 is 0 Å². The van der Waals surface area contributed by atoms with Crippen LogP contribution in [0.3, 0.4) is 0 Å². The molecular weight excluding hydrogens is 390 g/mol. The smallest absolute Gasteiger partial charge is 0.252 e. The normalized spacial score (nSPS) is 18.4. The first-order valence-electron chi connectivity index (χ1n) is 10.8. The summed E-state index contributed by atoms with van der Waals surface area (Å²) in [4.78, 5) is 18.0. The lowest BCUT2D eigenvalue weighted by Crippen LogP contribution is -2.41. The number of nitrogens with one attached hydrogen (secondary N) is 2. The van der Waals surface area contributed by atoms with Gasteiger partial charge in [0.05, 0.1) is 31.0 Å². The van der Waals surface area contributed by atoms with E-state index in [1.54, 1.807) is 14.2 Å². The van der Waals surface area contributed by atoms with Gasteiger partial charge in [-0.1, -0.05) is 38.0 Å². The first-order chi connectivity index (χ1) is 15.1. The van der Waals surface area contributed by atoms with E-state index < -0.39 is 0 Å². The van der Waals surface area contributed by atoms with Crippen LogP contribution in [-0.2, 0) is 0 Å². The maximum atomic E-state index is 13.3. The van der Waals surface area contributed by atoms with Crippen LogP contribution in [0.4, 0.5) is 11.5 Å². The Kier molecular flexibility index (Phi) is 6.26. The fourth-order valence-corrected chi connectivity index (χ4v) is 4.24. The van der Waals surface area contributed by atoms with E-state index in [1.165, 1.54) is 6.42 Å². The van der Waals surface area contributed by atoms with Crippen LogP contribution in [0.25, 0.3) is 10.9 Å². The Morgan fingerprint density at radius 1 is 1.03 bits per heavy atom. The predicted octanol–water partition coefficient (Wildman–Crippen LogP) is 5.30. The molecule has 0 radical (unpaired) electrons. The van der Waals surface area contributed by atoms with Gasteiger partial charge in [0.15, 0.2) is 0 Å². The number of aromatic nitrogens is 1. The van der Waals surface area contributed by atoms with Gasteiger partial charge in [-0.05, 0) is 43.0 Å². The second-order valence-electron chi connectivity index (χ2n) is 8.11. The van der Waals surface area contributed by atoms with Gasteiger partial charge in [0.2, 0.25) is 0 Å². The summed E-state index contributed by atoms with van der Waals surface area (Å²) in [6.07, 6.45) is 4.59. The molecule has 2 aromatic carbocycles. The second-order valence-corrected chi connectivity index (χ2v) is 8.11. The van der Waals surface area contributed by atoms with Crippen molar-refractivity contribution in [3.63, 3.8) is 0 Å². The van der Waals surface area contributed by atoms with Gasteiger partial charge in [-0.2, -0.15) is 0 Å². The van der Waals surface area contributed by atoms with E-state index in [1.807, 2.05) is 48.5 Å². The Labute approximate surface area is 183 Å². The van der Waals surface area contributed by atoms with Crippen molar-refractivity contribution in [3.8, 4) is 11.5 Å². The van der Waals surface area contributed by atoms with Gasteiger partial charge in [-0.3, -0.25) is 4.79 Å². The van der Waals surface area contributed by atoms with Gasteiger partial charge in [0.1, 0.15) is 17.3 Å². The Hall–Kier alpha value is -3.28. The summed E-state index contributed by atoms with van der Waals surface area (Å²) < 4.78 is 10.8. The van der Waals surface area contributed by atoms with Gasteiger partial charge in [-0.15, -0.1) is 0 Å². The summed E-state index contributed by atoms with van der Waals surface area (Å²) in [7, 11) is 3.23. The van der Waals surface area contributed by atoms with Crippen molar-refractivity contribution in [2.24, 2.45) is 5.92 Å². The van der Waals surface area contributed by atoms with E-state index in [-0.39, 0.29) is 11.9 Å². The molecule has 0 spiro atoms. The number of rotatable bonds is 6. The fraction of sp³-hybridized carbons (Fsp3) is 0.360. The predicted molar refractivity (Wildman–Crippen MR) is 123 cm³/mol. The summed E-state index contributed by atoms with van der Waals surface area (Å²) in [5.41, 5.74) is 2.14. The van der Waals surface area contributed by atoms with Crippen molar-refractivity contribution in [1.29, 1.82) is 0 Å². The van der Waals surface area contributed by atoms with E-state index in [0.29, 0.717) is 28.8 Å². The van der Waals surface area contributed by atoms with Crippen LogP contribution >= 0.6 is 0 Å². The Bertz CT molecular complexity index is 1080. The SMILES string of the molecule is COc1ccc(Nc2cc(C(=O)NC3CCCCC3C)c3ccccc3n2)c(OC)c1. The zero-order valence-corrected chi connectivity index (χ0v) is 18.3. The molecule has 0 aliphatic heterocycles. The first kappa shape index (κ1) is 21.0. The number of anilines is 2. The van der Waals surface area contributed by atoms with Crippen LogP contribution < -0.4 is 20.1 Å². The summed E-state index contributed by atoms with van der Waals surface area (Å²) in [6, 6.07) is 15.3. The topological polar surface area (TPSA) is 72.5 Å². The lowest BCUT2D eigenvalue weighted by Gasteiger charge is -2.29. The highest BCUT2D eigenvalue weighted by molar-refractivity contribution is 6.07. The molecule has 0 saturated heterocycles. The van der Waals surface area contributed by atoms with Gasteiger partial charge >= 0.3 is 0 Å². The first-order valence-corrected chi connectivity index (χ1v) is 10.8. The van der Waals surface area contributed by atoms with Crippen LogP contribution in [0.1, 0.15) is 43.0 Å². The lowest BCUT2D eigenvalue weighted by atomic mass is 9.86. The van der Waals surface area contributed by atoms with Crippen LogP contribution in [0.5, 0.6) is 11.5 Å². The number of ether oxygens (including phenoxy) is 2. The molecule has 2 unspecified atom stereocenters. The minimum atomic E-state index is -0.0536. The molecule has 1 aromatic heterocycles. The molecule has 162 valence electrons. The largest absolute Gasteiger partial charge is 0.497 e. The highest BCUT2D eigenvalue weighted by Crippen LogP contribution is 2.32. The maximum absolute atomic E-state index is 13.3. The molecule has 3 aromatic rings. The molecule has 1 saturated carbocycles. The standard InChI is InChI=1S/C25H29N3O3/c1-16-8-4-6-10-20(16)28-25(29)19-15-24(26-21-11-7-5-9-18(19)21)27-22-13-12-17(30-2)14-23(22)31-3/h5,7,9,11-16,20H,4,6,8,10H2,1-3H3,(H,26,27)(H,28,29). The molecular formula is C25H29N3O3. The molecule has 2 N–H and O–H groups in total. The van der Waals surface area contributed by atoms with Crippen molar-refractivity contribution in [1.82, 2.24) is 10.3 Å². The number of methoxy groups -OCH3 is 2. The van der Waals surface area contributed by atoms with Crippen LogP contribution in [0.15, 0.2) is 48.5 Å². The average Bonchev–Trinajstić information content (AvgIpc) is 2.80. The van der Waals surface area contributed by atoms with Crippen LogP contribution in [-0.4, -0.2) is 31.2 Å². The number of hydrogen-bond donors (Lipinski definition) is 2. The van der Waals surface area contributed by atoms with E-state index in [4.69, 9.17) is 14.5 Å². The summed E-state index contributed by atoms with van der Waals surface area (Å²) in [5, 5.41) is 7.42. The summed E-state index contributed by atoms with van der Waals surface area (Å²) in [6.45, 7) is 2.22. The van der Waals surface area contributed by atoms with Crippen molar-refractivity contribution in [2.45, 2.75) is 38.6 Å². The van der Waals surface area contributed by atoms with E-state index in [2.05, 4.69) is 17.6 Å². The Balaban J connectivity index is 1.67. The van der Waals surface area contributed by atoms with Crippen LogP contribution in [0.2, 0.25) is 0 Å². The number of pyridine rings is 1. The fourth-order valence-electron chi connectivity index (χ4n) is 4.24. The zero-order chi connectivity index (χ0) is 21.8. The van der Waals surface area contributed by atoms with Crippen molar-refractivity contribution in [3.05, 3.63) is 54.1 Å². The summed E-state index contributed by atoms with van der Waals surface area (Å²) in [5.74, 6) is 2.37. The van der Waals surface area contributed by atoms with Crippen molar-refractivity contribution in [2.75, 3.05) is 19.5 Å². The molecule has 4 rings (SSSR count). The minimum absolute atomic E-state index is 0.0536. The number of fused-ring (bicyclic) bond motifs is 1. The van der Waals surface area contributed by atoms with Gasteiger partial charge < -0.3 is 20.1 Å². The third-order valence-corrected chi connectivity index (χ3v) is 6.06. The molecule has 1 heterocycles. The second kappa shape index (κ2) is 9.25. The van der Waals surface area contributed by atoms with Gasteiger partial charge in [-0.25, -0.2) is 4.98 Å². The highest BCUT2D eigenvalue weighted by Gasteiger charge is 2.24. The molecule has 1 aliphatic carbocycles. The molecule has 1 amide bonds. The number of nitrogens with zero attached hydrogens (tertiary/aromatic N) is 1. The molecule has 1 fully saturated rings. The third-order valence-electron chi connectivity index (χ3n) is 6.06. The molecule has 1 aliphatic rings. The number of carbonyl (C=O) groups is 1. The van der Waals surface area contributed by atoms with E-state index in [9.17, 15) is 4.79 Å². The lowest BCUT2D eigenvalue weighted by molar-refractivity contribution is 0.0912. The minimum Gasteiger partial charge on any atom is -0.497 e. The molecule has 6 heteroatoms. The summed E-state index contributed by atoms with van der Waals surface area (Å²) >= 11 is 0. The number of para-hydroxylation sites is 1. The molecule has 2 atom stereocenters. The third kappa shape index (κ3) is 4.58. The Morgan fingerprint density at radius 3 is 2.61 bits per heavy atom. The molecule has 31 heavy (non-hydrogen) atoms. The van der Waals surface area contributed by atoms with Gasteiger partial charge in [0.25, 0.3) is 5.91 Å². The quantitative estimate of drug-likeness (QED) is 0.567. The Morgan fingerprint density at radius 2 is 1.84 bits per heavy atom. The number of benzene rings is 2. The van der Waals surface area contributed by atoms with Gasteiger partial charge in [0, 0.05) is 17.5 Å². The number of carbonyl (C=O) groups excluding carboxylic acids is 1. The van der Waals surface area contributed by atoms with Crippen molar-refractivity contribution >= 4 is 28.3 Å². The highest BCUT2D eigenvalue weighted by atomic mass is 16.5. The number of hydrogen-bond acceptors (Lipinski definition) is 5. The molecule has 0 bridgehead atoms. The molecule has 6 nitrogen and oxygen atoms in total. The van der Waals surface area contributed by atoms with Crippen molar-refractivity contribution < 1.29 is 14.3 Å². The van der Waals surface area contributed by atoms with E-state index in [0.717, 1.165) is 35.9 Å².